The van der Waals surface area contributed by atoms with Crippen LogP contribution >= 0.6 is 0 Å². The van der Waals surface area contributed by atoms with Crippen molar-refractivity contribution in [1.82, 2.24) is 10.3 Å². The van der Waals surface area contributed by atoms with E-state index >= 15 is 0 Å². The molecule has 2 amide bonds. The molecule has 1 aromatic carbocycles. The lowest BCUT2D eigenvalue weighted by atomic mass is 10.0. The lowest BCUT2D eigenvalue weighted by Crippen LogP contribution is -2.40. The van der Waals surface area contributed by atoms with Crippen LogP contribution in [-0.2, 0) is 0 Å². The van der Waals surface area contributed by atoms with Crippen LogP contribution in [0, 0.1) is 6.92 Å². The molecule has 6 nitrogen and oxygen atoms in total. The van der Waals surface area contributed by atoms with Gasteiger partial charge in [0, 0.05) is 23.0 Å². The number of anilines is 1. The molecule has 0 unspecified atom stereocenters. The molecular formula is C18H21N3O3. The predicted molar refractivity (Wildman–Crippen MR) is 92.3 cm³/mol. The van der Waals surface area contributed by atoms with E-state index < -0.39 is 5.91 Å². The van der Waals surface area contributed by atoms with Crippen LogP contribution in [0.15, 0.2) is 36.5 Å². The van der Waals surface area contributed by atoms with Gasteiger partial charge in [-0.1, -0.05) is 6.07 Å². The summed E-state index contributed by atoms with van der Waals surface area (Å²) in [7, 11) is 0. The summed E-state index contributed by atoms with van der Waals surface area (Å²) in [5, 5.41) is 15.3. The number of aromatic hydroxyl groups is 1. The van der Waals surface area contributed by atoms with Crippen LogP contribution < -0.4 is 10.6 Å². The summed E-state index contributed by atoms with van der Waals surface area (Å²) in [4.78, 5) is 28.5. The second kappa shape index (κ2) is 6.70. The molecule has 2 rings (SSSR count). The van der Waals surface area contributed by atoms with Crippen LogP contribution in [0.4, 0.5) is 5.69 Å². The fourth-order valence-corrected chi connectivity index (χ4v) is 2.18. The van der Waals surface area contributed by atoms with Crippen molar-refractivity contribution in [2.75, 3.05) is 5.32 Å². The number of hydrogen-bond acceptors (Lipinski definition) is 4. The van der Waals surface area contributed by atoms with E-state index in [2.05, 4.69) is 15.6 Å². The second-order valence-corrected chi connectivity index (χ2v) is 6.51. The molecule has 0 aliphatic carbocycles. The van der Waals surface area contributed by atoms with Crippen molar-refractivity contribution in [3.8, 4) is 5.75 Å². The summed E-state index contributed by atoms with van der Waals surface area (Å²) in [6, 6.07) is 8.01. The van der Waals surface area contributed by atoms with Crippen LogP contribution in [-0.4, -0.2) is 27.4 Å². The zero-order valence-electron chi connectivity index (χ0n) is 14.2. The van der Waals surface area contributed by atoms with Gasteiger partial charge in [-0.05, 0) is 57.5 Å². The zero-order chi connectivity index (χ0) is 17.9. The monoisotopic (exact) mass is 327 g/mol. The van der Waals surface area contributed by atoms with Gasteiger partial charge in [0.1, 0.15) is 5.75 Å². The number of carbonyl (C=O) groups excluding carboxylic acids is 2. The molecular weight excluding hydrogens is 306 g/mol. The molecule has 0 bridgehead atoms. The fraction of sp³-hybridized carbons (Fsp3) is 0.278. The number of carbonyl (C=O) groups is 2. The van der Waals surface area contributed by atoms with E-state index in [0.29, 0.717) is 16.8 Å². The number of nitrogens with one attached hydrogen (secondary N) is 2. The van der Waals surface area contributed by atoms with Crippen LogP contribution in [0.25, 0.3) is 0 Å². The van der Waals surface area contributed by atoms with Gasteiger partial charge in [0.05, 0.1) is 0 Å². The van der Waals surface area contributed by atoms with Gasteiger partial charge in [-0.3, -0.25) is 9.59 Å². The first-order chi connectivity index (χ1) is 11.2. The maximum atomic E-state index is 12.4. The Kier molecular flexibility index (Phi) is 4.87. The molecule has 0 radical (unpaired) electrons. The molecule has 0 saturated heterocycles. The number of benzene rings is 1. The van der Waals surface area contributed by atoms with E-state index in [9.17, 15) is 14.7 Å². The second-order valence-electron chi connectivity index (χ2n) is 6.51. The van der Waals surface area contributed by atoms with Crippen molar-refractivity contribution in [3.05, 3.63) is 53.3 Å². The Morgan fingerprint density at radius 1 is 1.08 bits per heavy atom. The number of aromatic nitrogens is 1. The summed E-state index contributed by atoms with van der Waals surface area (Å²) in [6.45, 7) is 7.45. The average molecular weight is 327 g/mol. The quantitative estimate of drug-likeness (QED) is 0.808. The maximum Gasteiger partial charge on any atom is 0.278 e. The standard InChI is InChI=1S/C18H21N3O3/c1-11-12(16(23)21-18(2,3)4)7-5-8-13(11)20-17(24)15-14(22)9-6-10-19-15/h5-10,22H,1-4H3,(H,20,24)(H,21,23). The molecule has 2 aromatic rings. The van der Waals surface area contributed by atoms with Crippen LogP contribution in [0.1, 0.15) is 47.2 Å². The highest BCUT2D eigenvalue weighted by molar-refractivity contribution is 6.06. The minimum atomic E-state index is -0.537. The van der Waals surface area contributed by atoms with Crippen molar-refractivity contribution in [2.24, 2.45) is 0 Å². The van der Waals surface area contributed by atoms with Gasteiger partial charge >= 0.3 is 0 Å². The third kappa shape index (κ3) is 4.10. The highest BCUT2D eigenvalue weighted by Gasteiger charge is 2.19. The Morgan fingerprint density at radius 3 is 2.42 bits per heavy atom. The number of pyridine rings is 1. The van der Waals surface area contributed by atoms with Crippen molar-refractivity contribution in [3.63, 3.8) is 0 Å². The van der Waals surface area contributed by atoms with Crippen molar-refractivity contribution >= 4 is 17.5 Å². The number of nitrogens with zero attached hydrogens (tertiary/aromatic N) is 1. The summed E-state index contributed by atoms with van der Waals surface area (Å²) in [5.74, 6) is -0.948. The molecule has 0 aliphatic rings. The van der Waals surface area contributed by atoms with E-state index in [0.717, 1.165) is 0 Å². The molecule has 24 heavy (non-hydrogen) atoms. The average Bonchev–Trinajstić information content (AvgIpc) is 2.48. The Labute approximate surface area is 140 Å². The van der Waals surface area contributed by atoms with Crippen molar-refractivity contribution < 1.29 is 14.7 Å². The highest BCUT2D eigenvalue weighted by atomic mass is 16.3. The third-order valence-electron chi connectivity index (χ3n) is 3.32. The van der Waals surface area contributed by atoms with Crippen LogP contribution in [0.3, 0.4) is 0 Å². The van der Waals surface area contributed by atoms with Gasteiger partial charge in [0.2, 0.25) is 0 Å². The summed E-state index contributed by atoms with van der Waals surface area (Å²) >= 11 is 0. The van der Waals surface area contributed by atoms with Crippen molar-refractivity contribution in [2.45, 2.75) is 33.2 Å². The molecule has 1 heterocycles. The van der Waals surface area contributed by atoms with Gasteiger partial charge < -0.3 is 15.7 Å². The fourth-order valence-electron chi connectivity index (χ4n) is 2.18. The zero-order valence-corrected chi connectivity index (χ0v) is 14.2. The first kappa shape index (κ1) is 17.5. The molecule has 0 fully saturated rings. The Bertz CT molecular complexity index is 779. The maximum absolute atomic E-state index is 12.4. The number of hydrogen-bond donors (Lipinski definition) is 3. The van der Waals surface area contributed by atoms with Gasteiger partial charge in [-0.25, -0.2) is 4.98 Å². The lowest BCUT2D eigenvalue weighted by molar-refractivity contribution is 0.0917. The predicted octanol–water partition coefficient (Wildman–Crippen LogP) is 2.88. The summed E-state index contributed by atoms with van der Waals surface area (Å²) in [5.41, 5.74) is 1.19. The van der Waals surface area contributed by atoms with Crippen LogP contribution in [0.5, 0.6) is 5.75 Å². The van der Waals surface area contributed by atoms with E-state index in [1.54, 1.807) is 25.1 Å². The van der Waals surface area contributed by atoms with Gasteiger partial charge in [-0.2, -0.15) is 0 Å². The molecule has 6 heteroatoms. The number of amides is 2. The minimum Gasteiger partial charge on any atom is -0.505 e. The summed E-state index contributed by atoms with van der Waals surface area (Å²) < 4.78 is 0. The van der Waals surface area contributed by atoms with Gasteiger partial charge in [0.15, 0.2) is 5.69 Å². The smallest absolute Gasteiger partial charge is 0.278 e. The SMILES string of the molecule is Cc1c(NC(=O)c2ncccc2O)cccc1C(=O)NC(C)(C)C. The van der Waals surface area contributed by atoms with E-state index in [4.69, 9.17) is 0 Å². The molecule has 0 saturated carbocycles. The molecule has 0 atom stereocenters. The number of rotatable bonds is 3. The molecule has 126 valence electrons. The van der Waals surface area contributed by atoms with E-state index in [1.807, 2.05) is 20.8 Å². The van der Waals surface area contributed by atoms with Gasteiger partial charge in [0.25, 0.3) is 11.8 Å². The van der Waals surface area contributed by atoms with Crippen molar-refractivity contribution in [1.29, 1.82) is 0 Å². The normalized spacial score (nSPS) is 11.0. The Morgan fingerprint density at radius 2 is 1.79 bits per heavy atom. The lowest BCUT2D eigenvalue weighted by Gasteiger charge is -2.21. The minimum absolute atomic E-state index is 0.0681. The molecule has 0 aliphatic heterocycles. The van der Waals surface area contributed by atoms with E-state index in [-0.39, 0.29) is 22.9 Å². The first-order valence-electron chi connectivity index (χ1n) is 7.56. The Hall–Kier alpha value is -2.89. The highest BCUT2D eigenvalue weighted by Crippen LogP contribution is 2.22. The Balaban J connectivity index is 2.27. The van der Waals surface area contributed by atoms with Gasteiger partial charge in [-0.15, -0.1) is 0 Å². The third-order valence-corrected chi connectivity index (χ3v) is 3.32. The molecule has 3 N–H and O–H groups in total. The topological polar surface area (TPSA) is 91.3 Å². The largest absolute Gasteiger partial charge is 0.505 e. The van der Waals surface area contributed by atoms with E-state index in [1.165, 1.54) is 18.3 Å². The first-order valence-corrected chi connectivity index (χ1v) is 7.56. The molecule has 0 spiro atoms. The molecule has 1 aromatic heterocycles. The van der Waals surface area contributed by atoms with Crippen LogP contribution in [0.2, 0.25) is 0 Å². The summed E-state index contributed by atoms with van der Waals surface area (Å²) in [6.07, 6.45) is 1.43.